The van der Waals surface area contributed by atoms with Crippen LogP contribution < -0.4 is 4.90 Å². The topological polar surface area (TPSA) is 64.1 Å². The molecule has 1 aliphatic heterocycles. The standard InChI is InChI=1S/C16H19N7/c1-10-11(2)20-16-17-8-19-23(16)15(10)21-6-5-14-13(7-21)18-9-22(14)12-3-4-12/h8-9,12H,3-7H2,1-2H3. The Balaban J connectivity index is 1.58. The van der Waals surface area contributed by atoms with Crippen molar-refractivity contribution in [1.82, 2.24) is 29.1 Å². The maximum atomic E-state index is 4.67. The molecule has 3 aromatic heterocycles. The minimum atomic E-state index is 0.664. The lowest BCUT2D eigenvalue weighted by Gasteiger charge is -2.30. The Morgan fingerprint density at radius 1 is 1.17 bits per heavy atom. The molecule has 4 heterocycles. The highest BCUT2D eigenvalue weighted by Gasteiger charge is 2.30. The largest absolute Gasteiger partial charge is 0.350 e. The average molecular weight is 309 g/mol. The maximum Gasteiger partial charge on any atom is 0.254 e. The summed E-state index contributed by atoms with van der Waals surface area (Å²) >= 11 is 0. The number of anilines is 1. The molecule has 0 bridgehead atoms. The van der Waals surface area contributed by atoms with Crippen molar-refractivity contribution in [2.45, 2.75) is 45.7 Å². The molecule has 0 unspecified atom stereocenters. The van der Waals surface area contributed by atoms with Crippen LogP contribution in [0.4, 0.5) is 5.82 Å². The van der Waals surface area contributed by atoms with Crippen molar-refractivity contribution in [3.8, 4) is 0 Å². The summed E-state index contributed by atoms with van der Waals surface area (Å²) in [4.78, 5) is 15.8. The van der Waals surface area contributed by atoms with E-state index in [2.05, 4.69) is 36.4 Å². The number of nitrogens with zero attached hydrogens (tertiary/aromatic N) is 7. The van der Waals surface area contributed by atoms with E-state index in [1.807, 2.05) is 17.8 Å². The van der Waals surface area contributed by atoms with Crippen molar-refractivity contribution in [3.63, 3.8) is 0 Å². The summed E-state index contributed by atoms with van der Waals surface area (Å²) in [6.45, 7) is 5.95. The van der Waals surface area contributed by atoms with Gasteiger partial charge in [-0.3, -0.25) is 0 Å². The van der Waals surface area contributed by atoms with Gasteiger partial charge in [0.05, 0.1) is 18.6 Å². The first kappa shape index (κ1) is 13.0. The highest BCUT2D eigenvalue weighted by Crippen LogP contribution is 2.38. The van der Waals surface area contributed by atoms with Gasteiger partial charge in [-0.1, -0.05) is 0 Å². The van der Waals surface area contributed by atoms with Gasteiger partial charge in [0.25, 0.3) is 5.78 Å². The van der Waals surface area contributed by atoms with E-state index in [4.69, 9.17) is 0 Å². The van der Waals surface area contributed by atoms with Crippen molar-refractivity contribution in [2.24, 2.45) is 0 Å². The van der Waals surface area contributed by atoms with Crippen LogP contribution in [0.2, 0.25) is 0 Å². The first-order valence-electron chi connectivity index (χ1n) is 8.19. The molecule has 0 saturated heterocycles. The third-order valence-electron chi connectivity index (χ3n) is 5.06. The summed E-state index contributed by atoms with van der Waals surface area (Å²) in [5, 5.41) is 4.37. The van der Waals surface area contributed by atoms with Gasteiger partial charge < -0.3 is 9.47 Å². The van der Waals surface area contributed by atoms with Gasteiger partial charge in [0.15, 0.2) is 0 Å². The Labute approximate surface area is 134 Å². The minimum Gasteiger partial charge on any atom is -0.350 e. The second-order valence-corrected chi connectivity index (χ2v) is 6.57. The van der Waals surface area contributed by atoms with Crippen molar-refractivity contribution in [3.05, 3.63) is 35.3 Å². The van der Waals surface area contributed by atoms with Crippen molar-refractivity contribution in [2.75, 3.05) is 11.4 Å². The summed E-state index contributed by atoms with van der Waals surface area (Å²) < 4.78 is 4.24. The van der Waals surface area contributed by atoms with E-state index in [9.17, 15) is 0 Å². The number of hydrogen-bond acceptors (Lipinski definition) is 5. The Hall–Kier alpha value is -2.44. The molecule has 23 heavy (non-hydrogen) atoms. The van der Waals surface area contributed by atoms with E-state index >= 15 is 0 Å². The van der Waals surface area contributed by atoms with Gasteiger partial charge in [0.1, 0.15) is 12.1 Å². The number of hydrogen-bond donors (Lipinski definition) is 0. The van der Waals surface area contributed by atoms with Crippen LogP contribution in [0.3, 0.4) is 0 Å². The lowest BCUT2D eigenvalue weighted by Crippen LogP contribution is -2.33. The minimum absolute atomic E-state index is 0.664. The number of aromatic nitrogens is 6. The van der Waals surface area contributed by atoms with Gasteiger partial charge in [0.2, 0.25) is 0 Å². The summed E-state index contributed by atoms with van der Waals surface area (Å²) in [6.07, 6.45) is 7.23. The Morgan fingerprint density at radius 2 is 2.04 bits per heavy atom. The molecule has 118 valence electrons. The van der Waals surface area contributed by atoms with Crippen LogP contribution in [0.15, 0.2) is 12.7 Å². The molecule has 0 atom stereocenters. The van der Waals surface area contributed by atoms with Crippen LogP contribution in [-0.2, 0) is 13.0 Å². The summed E-state index contributed by atoms with van der Waals surface area (Å²) in [6, 6.07) is 0.699. The maximum absolute atomic E-state index is 4.67. The van der Waals surface area contributed by atoms with Gasteiger partial charge in [-0.2, -0.15) is 14.6 Å². The average Bonchev–Trinajstić information content (AvgIpc) is 3.14. The molecule has 5 rings (SSSR count). The summed E-state index contributed by atoms with van der Waals surface area (Å²) in [5.74, 6) is 1.76. The van der Waals surface area contributed by atoms with Crippen LogP contribution >= 0.6 is 0 Å². The molecule has 0 spiro atoms. The molecule has 1 aliphatic carbocycles. The Morgan fingerprint density at radius 3 is 2.87 bits per heavy atom. The number of aryl methyl sites for hydroxylation is 1. The molecule has 2 aliphatic rings. The van der Waals surface area contributed by atoms with Gasteiger partial charge in [0, 0.05) is 36.0 Å². The second kappa shape index (κ2) is 4.53. The lowest BCUT2D eigenvalue weighted by atomic mass is 10.1. The fraction of sp³-hybridized carbons (Fsp3) is 0.500. The molecule has 0 N–H and O–H groups in total. The Bertz CT molecular complexity index is 903. The van der Waals surface area contributed by atoms with Gasteiger partial charge in [-0.05, 0) is 26.7 Å². The zero-order chi connectivity index (χ0) is 15.6. The van der Waals surface area contributed by atoms with E-state index in [1.165, 1.54) is 24.2 Å². The predicted molar refractivity (Wildman–Crippen MR) is 85.5 cm³/mol. The zero-order valence-corrected chi connectivity index (χ0v) is 13.4. The molecule has 1 fully saturated rings. The van der Waals surface area contributed by atoms with Crippen molar-refractivity contribution >= 4 is 11.6 Å². The molecule has 7 heteroatoms. The number of rotatable bonds is 2. The molecule has 0 radical (unpaired) electrons. The monoisotopic (exact) mass is 309 g/mol. The highest BCUT2D eigenvalue weighted by molar-refractivity contribution is 5.55. The third-order valence-corrected chi connectivity index (χ3v) is 5.06. The van der Waals surface area contributed by atoms with Crippen molar-refractivity contribution < 1.29 is 0 Å². The molecule has 0 aromatic carbocycles. The number of imidazole rings is 1. The predicted octanol–water partition coefficient (Wildman–Crippen LogP) is 1.84. The molecule has 0 amide bonds. The highest BCUT2D eigenvalue weighted by atomic mass is 15.4. The van der Waals surface area contributed by atoms with E-state index in [-0.39, 0.29) is 0 Å². The van der Waals surface area contributed by atoms with E-state index < -0.39 is 0 Å². The molecule has 3 aromatic rings. The van der Waals surface area contributed by atoms with Crippen LogP contribution in [0, 0.1) is 13.8 Å². The summed E-state index contributed by atoms with van der Waals surface area (Å²) in [5.41, 5.74) is 4.79. The second-order valence-electron chi connectivity index (χ2n) is 6.57. The quantitative estimate of drug-likeness (QED) is 0.722. The van der Waals surface area contributed by atoms with Gasteiger partial charge in [-0.25, -0.2) is 9.97 Å². The number of fused-ring (bicyclic) bond motifs is 2. The van der Waals surface area contributed by atoms with Gasteiger partial charge in [-0.15, -0.1) is 0 Å². The van der Waals surface area contributed by atoms with E-state index in [0.29, 0.717) is 11.8 Å². The summed E-state index contributed by atoms with van der Waals surface area (Å²) in [7, 11) is 0. The fourth-order valence-electron chi connectivity index (χ4n) is 3.57. The smallest absolute Gasteiger partial charge is 0.254 e. The first-order chi connectivity index (χ1) is 11.2. The molecule has 7 nitrogen and oxygen atoms in total. The van der Waals surface area contributed by atoms with Crippen LogP contribution in [0.1, 0.15) is 41.5 Å². The van der Waals surface area contributed by atoms with Crippen molar-refractivity contribution in [1.29, 1.82) is 0 Å². The van der Waals surface area contributed by atoms with E-state index in [0.717, 1.165) is 36.6 Å². The molecular formula is C16H19N7. The van der Waals surface area contributed by atoms with E-state index in [1.54, 1.807) is 6.33 Å². The Kier molecular flexibility index (Phi) is 2.57. The fourth-order valence-corrected chi connectivity index (χ4v) is 3.57. The SMILES string of the molecule is Cc1nc2ncnn2c(N2CCc3c(ncn3C3CC3)C2)c1C. The van der Waals surface area contributed by atoms with Crippen LogP contribution in [0.5, 0.6) is 0 Å². The normalized spacial score (nSPS) is 17.7. The van der Waals surface area contributed by atoms with Crippen LogP contribution in [0.25, 0.3) is 5.78 Å². The molecular weight excluding hydrogens is 290 g/mol. The third kappa shape index (κ3) is 1.89. The zero-order valence-electron chi connectivity index (χ0n) is 13.4. The molecule has 1 saturated carbocycles. The van der Waals surface area contributed by atoms with Crippen LogP contribution in [-0.4, -0.2) is 35.7 Å². The lowest BCUT2D eigenvalue weighted by molar-refractivity contribution is 0.630. The first-order valence-corrected chi connectivity index (χ1v) is 8.19. The van der Waals surface area contributed by atoms with Gasteiger partial charge >= 0.3 is 0 Å².